The van der Waals surface area contributed by atoms with Gasteiger partial charge in [-0.15, -0.1) is 11.3 Å². The Morgan fingerprint density at radius 3 is 1.83 bits per heavy atom. The Bertz CT molecular complexity index is 2760. The standard InChI is InChI=1S/C44H27N3S/c1-3-11-28(12-4-1)38-27-39(46-44(45-38)30-13-5-2-6-14-30)29-19-22-32(23-20-29)47-40-17-9-7-15-33(40)37-26-36-31(25-41(37)47)21-24-35-34-16-8-10-18-42(34)48-43(35)36/h1-27H. The van der Waals surface area contributed by atoms with Crippen molar-refractivity contribution in [2.75, 3.05) is 0 Å². The summed E-state index contributed by atoms with van der Waals surface area (Å²) in [7, 11) is 0. The second-order valence-electron chi connectivity index (χ2n) is 12.2. The summed E-state index contributed by atoms with van der Waals surface area (Å²) in [5.41, 5.74) is 8.45. The van der Waals surface area contributed by atoms with E-state index in [1.807, 2.05) is 47.7 Å². The Kier molecular flexibility index (Phi) is 6.05. The quantitative estimate of drug-likeness (QED) is 0.194. The van der Waals surface area contributed by atoms with Crippen molar-refractivity contribution >= 4 is 64.1 Å². The number of hydrogen-bond acceptors (Lipinski definition) is 3. The summed E-state index contributed by atoms with van der Waals surface area (Å²) in [6.45, 7) is 0. The Morgan fingerprint density at radius 1 is 0.417 bits per heavy atom. The molecule has 3 nitrogen and oxygen atoms in total. The molecule has 0 aliphatic rings. The first-order chi connectivity index (χ1) is 23.8. The minimum absolute atomic E-state index is 0.720. The van der Waals surface area contributed by atoms with Crippen molar-refractivity contribution in [2.45, 2.75) is 0 Å². The number of hydrogen-bond donors (Lipinski definition) is 0. The van der Waals surface area contributed by atoms with Crippen LogP contribution in [-0.4, -0.2) is 14.5 Å². The number of fused-ring (bicyclic) bond motifs is 8. The molecule has 0 N–H and O–H groups in total. The van der Waals surface area contributed by atoms with Crippen LogP contribution >= 0.6 is 11.3 Å². The molecular formula is C44H27N3S. The predicted octanol–water partition coefficient (Wildman–Crippen LogP) is 12.1. The van der Waals surface area contributed by atoms with Gasteiger partial charge >= 0.3 is 0 Å². The van der Waals surface area contributed by atoms with Crippen molar-refractivity contribution in [2.24, 2.45) is 0 Å². The lowest BCUT2D eigenvalue weighted by molar-refractivity contribution is 1.17. The smallest absolute Gasteiger partial charge is 0.160 e. The fourth-order valence-electron chi connectivity index (χ4n) is 7.10. The van der Waals surface area contributed by atoms with Gasteiger partial charge in [0.1, 0.15) is 0 Å². The maximum atomic E-state index is 5.05. The lowest BCUT2D eigenvalue weighted by atomic mass is 10.0. The molecule has 3 heterocycles. The van der Waals surface area contributed by atoms with E-state index in [2.05, 4.69) is 132 Å². The van der Waals surface area contributed by atoms with Crippen LogP contribution in [0.2, 0.25) is 0 Å². The Balaban J connectivity index is 1.14. The molecule has 3 aromatic heterocycles. The summed E-state index contributed by atoms with van der Waals surface area (Å²) in [5, 5.41) is 7.75. The van der Waals surface area contributed by atoms with E-state index < -0.39 is 0 Å². The summed E-state index contributed by atoms with van der Waals surface area (Å²) in [4.78, 5) is 10.0. The largest absolute Gasteiger partial charge is 0.309 e. The van der Waals surface area contributed by atoms with Crippen LogP contribution in [0.1, 0.15) is 0 Å². The predicted molar refractivity (Wildman–Crippen MR) is 203 cm³/mol. The second kappa shape index (κ2) is 10.7. The van der Waals surface area contributed by atoms with Crippen LogP contribution in [0.3, 0.4) is 0 Å². The van der Waals surface area contributed by atoms with Crippen LogP contribution in [-0.2, 0) is 0 Å². The van der Waals surface area contributed by atoms with Crippen LogP contribution in [0.4, 0.5) is 0 Å². The zero-order valence-corrected chi connectivity index (χ0v) is 26.7. The maximum absolute atomic E-state index is 5.05. The molecule has 10 rings (SSSR count). The molecule has 224 valence electrons. The highest BCUT2D eigenvalue weighted by Crippen LogP contribution is 2.42. The molecule has 0 saturated carbocycles. The van der Waals surface area contributed by atoms with Crippen molar-refractivity contribution in [3.8, 4) is 39.6 Å². The van der Waals surface area contributed by atoms with Gasteiger partial charge in [0.25, 0.3) is 0 Å². The molecule has 0 unspecified atom stereocenters. The summed E-state index contributed by atoms with van der Waals surface area (Å²) in [6.07, 6.45) is 0. The Labute approximate surface area is 281 Å². The first kappa shape index (κ1) is 27.1. The molecule has 7 aromatic carbocycles. The fourth-order valence-corrected chi connectivity index (χ4v) is 8.33. The molecule has 0 bridgehead atoms. The minimum atomic E-state index is 0.720. The van der Waals surface area contributed by atoms with E-state index in [0.717, 1.165) is 39.6 Å². The second-order valence-corrected chi connectivity index (χ2v) is 13.3. The highest BCUT2D eigenvalue weighted by atomic mass is 32.1. The maximum Gasteiger partial charge on any atom is 0.160 e. The van der Waals surface area contributed by atoms with Gasteiger partial charge in [-0.25, -0.2) is 9.97 Å². The third-order valence-corrected chi connectivity index (χ3v) is 10.6. The molecular weight excluding hydrogens is 603 g/mol. The summed E-state index contributed by atoms with van der Waals surface area (Å²) in [5.74, 6) is 0.720. The van der Waals surface area contributed by atoms with E-state index in [1.54, 1.807) is 0 Å². The summed E-state index contributed by atoms with van der Waals surface area (Å²) >= 11 is 1.89. The summed E-state index contributed by atoms with van der Waals surface area (Å²) < 4.78 is 5.08. The van der Waals surface area contributed by atoms with Crippen LogP contribution in [0.5, 0.6) is 0 Å². The molecule has 0 saturated heterocycles. The number of aromatic nitrogens is 3. The highest BCUT2D eigenvalue weighted by molar-refractivity contribution is 7.26. The van der Waals surface area contributed by atoms with Gasteiger partial charge in [0, 0.05) is 58.7 Å². The number of benzene rings is 7. The lowest BCUT2D eigenvalue weighted by Gasteiger charge is -2.12. The van der Waals surface area contributed by atoms with Crippen LogP contribution in [0.15, 0.2) is 164 Å². The Hall–Kier alpha value is -6.10. The molecule has 0 amide bonds. The number of nitrogens with zero attached hydrogens (tertiary/aromatic N) is 3. The van der Waals surface area contributed by atoms with Gasteiger partial charge in [-0.3, -0.25) is 0 Å². The van der Waals surface area contributed by atoms with Crippen LogP contribution in [0, 0.1) is 0 Å². The van der Waals surface area contributed by atoms with Crippen LogP contribution in [0.25, 0.3) is 92.3 Å². The average molecular weight is 630 g/mol. The van der Waals surface area contributed by atoms with E-state index >= 15 is 0 Å². The van der Waals surface area contributed by atoms with Crippen LogP contribution < -0.4 is 0 Å². The number of rotatable bonds is 4. The zero-order valence-electron chi connectivity index (χ0n) is 25.8. The van der Waals surface area contributed by atoms with Crippen molar-refractivity contribution in [3.63, 3.8) is 0 Å². The lowest BCUT2D eigenvalue weighted by Crippen LogP contribution is -1.97. The molecule has 48 heavy (non-hydrogen) atoms. The van der Waals surface area contributed by atoms with E-state index in [-0.39, 0.29) is 0 Å². The Morgan fingerprint density at radius 2 is 1.06 bits per heavy atom. The van der Waals surface area contributed by atoms with Crippen molar-refractivity contribution in [3.05, 3.63) is 164 Å². The average Bonchev–Trinajstić information content (AvgIpc) is 3.70. The zero-order chi connectivity index (χ0) is 31.6. The minimum Gasteiger partial charge on any atom is -0.309 e. The highest BCUT2D eigenvalue weighted by Gasteiger charge is 2.16. The number of para-hydroxylation sites is 1. The van der Waals surface area contributed by atoms with Gasteiger partial charge in [0.2, 0.25) is 0 Å². The first-order valence-electron chi connectivity index (χ1n) is 16.2. The van der Waals surface area contributed by atoms with E-state index in [9.17, 15) is 0 Å². The number of thiophene rings is 1. The third kappa shape index (κ3) is 4.27. The van der Waals surface area contributed by atoms with Crippen molar-refractivity contribution in [1.29, 1.82) is 0 Å². The first-order valence-corrected chi connectivity index (χ1v) is 17.0. The molecule has 0 aliphatic heterocycles. The van der Waals surface area contributed by atoms with Crippen molar-refractivity contribution < 1.29 is 0 Å². The van der Waals surface area contributed by atoms with E-state index in [1.165, 1.54) is 52.8 Å². The summed E-state index contributed by atoms with van der Waals surface area (Å²) in [6, 6.07) is 58.3. The monoisotopic (exact) mass is 629 g/mol. The van der Waals surface area contributed by atoms with E-state index in [0.29, 0.717) is 0 Å². The normalized spacial score (nSPS) is 11.8. The molecule has 0 spiro atoms. The topological polar surface area (TPSA) is 30.7 Å². The fraction of sp³-hybridized carbons (Fsp3) is 0. The van der Waals surface area contributed by atoms with Gasteiger partial charge < -0.3 is 4.57 Å². The van der Waals surface area contributed by atoms with Crippen molar-refractivity contribution in [1.82, 2.24) is 14.5 Å². The molecule has 0 fully saturated rings. The molecule has 4 heteroatoms. The molecule has 0 atom stereocenters. The van der Waals surface area contributed by atoms with Gasteiger partial charge in [-0.1, -0.05) is 121 Å². The third-order valence-electron chi connectivity index (χ3n) is 9.40. The molecule has 10 aromatic rings. The van der Waals surface area contributed by atoms with Gasteiger partial charge in [0.05, 0.1) is 22.4 Å². The van der Waals surface area contributed by atoms with Gasteiger partial charge in [-0.2, -0.15) is 0 Å². The van der Waals surface area contributed by atoms with Gasteiger partial charge in [-0.05, 0) is 47.9 Å². The SMILES string of the molecule is c1ccc(-c2cc(-c3ccc(-n4c5ccccc5c5cc6c(ccc7c8ccccc8sc67)cc54)cc3)nc(-c3ccccc3)n2)cc1. The molecule has 0 radical (unpaired) electrons. The van der Waals surface area contributed by atoms with E-state index in [4.69, 9.17) is 9.97 Å². The van der Waals surface area contributed by atoms with Gasteiger partial charge in [0.15, 0.2) is 5.82 Å². The molecule has 0 aliphatic carbocycles.